The number of amides is 1. The highest BCUT2D eigenvalue weighted by atomic mass is 16.5. The Hall–Kier alpha value is -2.75. The summed E-state index contributed by atoms with van der Waals surface area (Å²) in [5.41, 5.74) is 2.20. The van der Waals surface area contributed by atoms with E-state index in [4.69, 9.17) is 4.74 Å². The predicted octanol–water partition coefficient (Wildman–Crippen LogP) is 3.43. The van der Waals surface area contributed by atoms with Gasteiger partial charge < -0.3 is 15.0 Å². The fourth-order valence-electron chi connectivity index (χ4n) is 2.08. The van der Waals surface area contributed by atoms with Crippen LogP contribution in [0.15, 0.2) is 54.6 Å². The molecule has 0 aliphatic heterocycles. The molecule has 3 aromatic rings. The van der Waals surface area contributed by atoms with Crippen LogP contribution in [0.5, 0.6) is 5.75 Å². The Balaban J connectivity index is 1.88. The lowest BCUT2D eigenvalue weighted by molar-refractivity contribution is 0.102. The van der Waals surface area contributed by atoms with E-state index in [-0.39, 0.29) is 5.91 Å². The van der Waals surface area contributed by atoms with Gasteiger partial charge in [0.1, 0.15) is 11.4 Å². The molecule has 0 spiro atoms. The fourth-order valence-corrected chi connectivity index (χ4v) is 2.08. The summed E-state index contributed by atoms with van der Waals surface area (Å²) in [6.45, 7) is 0. The standard InChI is InChI=1S/C16H14N2O2/c1-20-13-7-8-14-11(9-13)10-15(18-14)16(19)17-12-5-3-2-4-6-12/h2-10,18H,1H3,(H,17,19). The lowest BCUT2D eigenvalue weighted by Crippen LogP contribution is -2.11. The summed E-state index contributed by atoms with van der Waals surface area (Å²) in [7, 11) is 1.62. The van der Waals surface area contributed by atoms with Gasteiger partial charge in [0, 0.05) is 16.6 Å². The molecule has 0 aliphatic rings. The number of methoxy groups -OCH3 is 1. The van der Waals surface area contributed by atoms with E-state index in [1.807, 2.05) is 54.6 Å². The maximum Gasteiger partial charge on any atom is 0.272 e. The number of nitrogens with one attached hydrogen (secondary N) is 2. The summed E-state index contributed by atoms with van der Waals surface area (Å²) in [5, 5.41) is 3.79. The maximum absolute atomic E-state index is 12.2. The number of hydrogen-bond donors (Lipinski definition) is 2. The SMILES string of the molecule is COc1ccc2[nH]c(C(=O)Nc3ccccc3)cc2c1. The van der Waals surface area contributed by atoms with Crippen LogP contribution < -0.4 is 10.1 Å². The number of fused-ring (bicyclic) bond motifs is 1. The zero-order chi connectivity index (χ0) is 13.9. The van der Waals surface area contributed by atoms with E-state index in [1.54, 1.807) is 7.11 Å². The predicted molar refractivity (Wildman–Crippen MR) is 79.2 cm³/mol. The van der Waals surface area contributed by atoms with Gasteiger partial charge >= 0.3 is 0 Å². The smallest absolute Gasteiger partial charge is 0.272 e. The molecule has 3 rings (SSSR count). The number of para-hydroxylation sites is 1. The van der Waals surface area contributed by atoms with Crippen molar-refractivity contribution in [3.63, 3.8) is 0 Å². The van der Waals surface area contributed by atoms with Crippen LogP contribution in [0.1, 0.15) is 10.5 Å². The van der Waals surface area contributed by atoms with Crippen LogP contribution >= 0.6 is 0 Å². The van der Waals surface area contributed by atoms with Gasteiger partial charge in [-0.2, -0.15) is 0 Å². The molecular weight excluding hydrogens is 252 g/mol. The molecule has 0 unspecified atom stereocenters. The van der Waals surface area contributed by atoms with Gasteiger partial charge in [0.25, 0.3) is 5.91 Å². The topological polar surface area (TPSA) is 54.1 Å². The van der Waals surface area contributed by atoms with Crippen LogP contribution in [0.4, 0.5) is 5.69 Å². The zero-order valence-corrected chi connectivity index (χ0v) is 11.0. The van der Waals surface area contributed by atoms with E-state index in [1.165, 1.54) is 0 Å². The van der Waals surface area contributed by atoms with E-state index in [2.05, 4.69) is 10.3 Å². The first-order valence-corrected chi connectivity index (χ1v) is 6.29. The van der Waals surface area contributed by atoms with Crippen molar-refractivity contribution in [1.82, 2.24) is 4.98 Å². The van der Waals surface area contributed by atoms with Crippen molar-refractivity contribution in [1.29, 1.82) is 0 Å². The monoisotopic (exact) mass is 266 g/mol. The van der Waals surface area contributed by atoms with Crippen molar-refractivity contribution >= 4 is 22.5 Å². The zero-order valence-electron chi connectivity index (χ0n) is 11.0. The van der Waals surface area contributed by atoms with Gasteiger partial charge in [-0.1, -0.05) is 18.2 Å². The van der Waals surface area contributed by atoms with E-state index in [0.717, 1.165) is 22.3 Å². The van der Waals surface area contributed by atoms with E-state index in [0.29, 0.717) is 5.69 Å². The molecule has 100 valence electrons. The first kappa shape index (κ1) is 12.3. The number of ether oxygens (including phenoxy) is 1. The molecule has 0 atom stereocenters. The van der Waals surface area contributed by atoms with Gasteiger partial charge in [0.2, 0.25) is 0 Å². The van der Waals surface area contributed by atoms with Gasteiger partial charge in [-0.25, -0.2) is 0 Å². The molecule has 2 aromatic carbocycles. The molecule has 4 heteroatoms. The molecular formula is C16H14N2O2. The van der Waals surface area contributed by atoms with Gasteiger partial charge in [-0.15, -0.1) is 0 Å². The number of H-pyrrole nitrogens is 1. The lowest BCUT2D eigenvalue weighted by Gasteiger charge is -2.02. The van der Waals surface area contributed by atoms with Gasteiger partial charge in [0.05, 0.1) is 7.11 Å². The molecule has 4 nitrogen and oxygen atoms in total. The highest BCUT2D eigenvalue weighted by Crippen LogP contribution is 2.21. The molecule has 0 radical (unpaired) electrons. The summed E-state index contributed by atoms with van der Waals surface area (Å²) in [6, 6.07) is 16.8. The summed E-state index contributed by atoms with van der Waals surface area (Å²) in [4.78, 5) is 15.3. The number of carbonyl (C=O) groups excluding carboxylic acids is 1. The van der Waals surface area contributed by atoms with Gasteiger partial charge in [-0.05, 0) is 36.4 Å². The molecule has 0 aliphatic carbocycles. The van der Waals surface area contributed by atoms with E-state index < -0.39 is 0 Å². The quantitative estimate of drug-likeness (QED) is 0.763. The molecule has 0 saturated carbocycles. The second kappa shape index (κ2) is 5.09. The number of rotatable bonds is 3. The second-order valence-electron chi connectivity index (χ2n) is 4.46. The molecule has 1 heterocycles. The molecule has 0 fully saturated rings. The third-order valence-corrected chi connectivity index (χ3v) is 3.10. The van der Waals surface area contributed by atoms with Crippen LogP contribution in [-0.2, 0) is 0 Å². The third-order valence-electron chi connectivity index (χ3n) is 3.10. The summed E-state index contributed by atoms with van der Waals surface area (Å²) < 4.78 is 5.17. The number of aromatic nitrogens is 1. The number of carbonyl (C=O) groups is 1. The van der Waals surface area contributed by atoms with Crippen LogP contribution in [0, 0.1) is 0 Å². The molecule has 0 bridgehead atoms. The van der Waals surface area contributed by atoms with Gasteiger partial charge in [0.15, 0.2) is 0 Å². The van der Waals surface area contributed by atoms with Gasteiger partial charge in [-0.3, -0.25) is 4.79 Å². The van der Waals surface area contributed by atoms with Crippen molar-refractivity contribution in [2.45, 2.75) is 0 Å². The van der Waals surface area contributed by atoms with Crippen molar-refractivity contribution in [2.24, 2.45) is 0 Å². The average Bonchev–Trinajstić information content (AvgIpc) is 2.91. The van der Waals surface area contributed by atoms with E-state index in [9.17, 15) is 4.79 Å². The summed E-state index contributed by atoms with van der Waals surface area (Å²) in [5.74, 6) is 0.609. The Kier molecular flexibility index (Phi) is 3.13. The van der Waals surface area contributed by atoms with Crippen LogP contribution in [-0.4, -0.2) is 18.0 Å². The number of aromatic amines is 1. The first-order valence-electron chi connectivity index (χ1n) is 6.29. The van der Waals surface area contributed by atoms with E-state index >= 15 is 0 Å². The summed E-state index contributed by atoms with van der Waals surface area (Å²) >= 11 is 0. The number of anilines is 1. The number of benzene rings is 2. The Labute approximate surface area is 116 Å². The molecule has 20 heavy (non-hydrogen) atoms. The Morgan fingerprint density at radius 1 is 1.10 bits per heavy atom. The molecule has 1 aromatic heterocycles. The Bertz CT molecular complexity index is 748. The molecule has 0 saturated heterocycles. The Morgan fingerprint density at radius 3 is 2.65 bits per heavy atom. The van der Waals surface area contributed by atoms with Crippen LogP contribution in [0.25, 0.3) is 10.9 Å². The van der Waals surface area contributed by atoms with Crippen molar-refractivity contribution in [2.75, 3.05) is 12.4 Å². The highest BCUT2D eigenvalue weighted by molar-refractivity contribution is 6.06. The average molecular weight is 266 g/mol. The minimum absolute atomic E-state index is 0.161. The molecule has 1 amide bonds. The Morgan fingerprint density at radius 2 is 1.90 bits per heavy atom. The normalized spacial score (nSPS) is 10.4. The van der Waals surface area contributed by atoms with Crippen molar-refractivity contribution < 1.29 is 9.53 Å². The first-order chi connectivity index (χ1) is 9.76. The molecule has 2 N–H and O–H groups in total. The van der Waals surface area contributed by atoms with Crippen molar-refractivity contribution in [3.05, 3.63) is 60.3 Å². The minimum atomic E-state index is -0.161. The number of hydrogen-bond acceptors (Lipinski definition) is 2. The van der Waals surface area contributed by atoms with Crippen LogP contribution in [0.3, 0.4) is 0 Å². The fraction of sp³-hybridized carbons (Fsp3) is 0.0625. The van der Waals surface area contributed by atoms with Crippen LogP contribution in [0.2, 0.25) is 0 Å². The second-order valence-corrected chi connectivity index (χ2v) is 4.46. The largest absolute Gasteiger partial charge is 0.497 e. The maximum atomic E-state index is 12.2. The minimum Gasteiger partial charge on any atom is -0.497 e. The lowest BCUT2D eigenvalue weighted by atomic mass is 10.2. The third kappa shape index (κ3) is 2.36. The highest BCUT2D eigenvalue weighted by Gasteiger charge is 2.10. The van der Waals surface area contributed by atoms with Crippen molar-refractivity contribution in [3.8, 4) is 5.75 Å². The summed E-state index contributed by atoms with van der Waals surface area (Å²) in [6.07, 6.45) is 0.